The van der Waals surface area contributed by atoms with E-state index < -0.39 is 10.9 Å². The van der Waals surface area contributed by atoms with Crippen LogP contribution in [0.15, 0.2) is 75.8 Å². The Morgan fingerprint density at radius 1 is 1.14 bits per heavy atom. The van der Waals surface area contributed by atoms with Crippen LogP contribution in [0, 0.1) is 10.1 Å². The zero-order valence-electron chi connectivity index (χ0n) is 18.4. The number of nitro benzene ring substituents is 1. The van der Waals surface area contributed by atoms with Gasteiger partial charge in [0.15, 0.2) is 17.2 Å². The van der Waals surface area contributed by atoms with Gasteiger partial charge in [0.25, 0.3) is 5.69 Å². The molecule has 8 nitrogen and oxygen atoms in total. The summed E-state index contributed by atoms with van der Waals surface area (Å²) in [6.07, 6.45) is 1.58. The van der Waals surface area contributed by atoms with Crippen LogP contribution >= 0.6 is 27.5 Å². The largest absolute Gasteiger partial charge is 0.490 e. The van der Waals surface area contributed by atoms with Crippen molar-refractivity contribution in [2.75, 3.05) is 6.61 Å². The number of carbonyl (C=O) groups is 1. The van der Waals surface area contributed by atoms with Gasteiger partial charge in [-0.1, -0.05) is 23.7 Å². The summed E-state index contributed by atoms with van der Waals surface area (Å²) in [5.74, 6) is 0.463. The first-order valence-electron chi connectivity index (χ1n) is 10.5. The van der Waals surface area contributed by atoms with E-state index in [4.69, 9.17) is 25.8 Å². The first-order chi connectivity index (χ1) is 16.9. The van der Waals surface area contributed by atoms with Crippen molar-refractivity contribution in [2.24, 2.45) is 4.99 Å². The Kier molecular flexibility index (Phi) is 7.48. The molecule has 10 heteroatoms. The number of cyclic esters (lactones) is 1. The highest BCUT2D eigenvalue weighted by molar-refractivity contribution is 9.10. The smallest absolute Gasteiger partial charge is 0.363 e. The quantitative estimate of drug-likeness (QED) is 0.139. The van der Waals surface area contributed by atoms with E-state index in [1.807, 2.05) is 6.92 Å². The van der Waals surface area contributed by atoms with Crippen LogP contribution in [0.2, 0.25) is 5.02 Å². The van der Waals surface area contributed by atoms with Crippen LogP contribution in [0.3, 0.4) is 0 Å². The van der Waals surface area contributed by atoms with Crippen LogP contribution in [0.25, 0.3) is 6.08 Å². The van der Waals surface area contributed by atoms with Crippen molar-refractivity contribution in [3.63, 3.8) is 0 Å². The molecule has 0 radical (unpaired) electrons. The summed E-state index contributed by atoms with van der Waals surface area (Å²) in [5.41, 5.74) is 2.05. The Balaban J connectivity index is 1.59. The van der Waals surface area contributed by atoms with Crippen LogP contribution in [-0.4, -0.2) is 23.4 Å². The first kappa shape index (κ1) is 24.4. The van der Waals surface area contributed by atoms with Crippen LogP contribution in [-0.2, 0) is 16.1 Å². The molecule has 3 aromatic carbocycles. The topological polar surface area (TPSA) is 100 Å². The number of benzene rings is 3. The number of nitrogens with zero attached hydrogens (tertiary/aromatic N) is 2. The normalized spacial score (nSPS) is 14.0. The van der Waals surface area contributed by atoms with E-state index in [0.717, 1.165) is 5.56 Å². The Hall–Kier alpha value is -3.69. The first-order valence-corrected chi connectivity index (χ1v) is 11.6. The third-order valence-corrected chi connectivity index (χ3v) is 5.81. The van der Waals surface area contributed by atoms with E-state index in [9.17, 15) is 14.9 Å². The Labute approximate surface area is 214 Å². The van der Waals surface area contributed by atoms with Crippen molar-refractivity contribution in [2.45, 2.75) is 13.5 Å². The molecule has 35 heavy (non-hydrogen) atoms. The third kappa shape index (κ3) is 5.70. The standard InChI is InChI=1S/C25H18BrClN2O6/c1-2-33-22-13-16(12-21-25(30)35-24(28-21)18-5-3-4-6-20(18)27)11-19(26)23(22)34-14-15-7-9-17(10-8-15)29(31)32/h3-13H,2,14H2,1H3/b21-12-. The molecule has 0 amide bonds. The number of rotatable bonds is 8. The summed E-state index contributed by atoms with van der Waals surface area (Å²) in [7, 11) is 0. The summed E-state index contributed by atoms with van der Waals surface area (Å²) in [6.45, 7) is 2.40. The van der Waals surface area contributed by atoms with Gasteiger partial charge in [-0.05, 0) is 76.5 Å². The number of hydrogen-bond donors (Lipinski definition) is 0. The van der Waals surface area contributed by atoms with Gasteiger partial charge in [0.2, 0.25) is 5.90 Å². The van der Waals surface area contributed by atoms with Crippen molar-refractivity contribution in [1.82, 2.24) is 0 Å². The van der Waals surface area contributed by atoms with Crippen LogP contribution in [0.5, 0.6) is 11.5 Å². The van der Waals surface area contributed by atoms with E-state index >= 15 is 0 Å². The monoisotopic (exact) mass is 556 g/mol. The molecule has 0 fully saturated rings. The fraction of sp³-hybridized carbons (Fsp3) is 0.120. The second-order valence-corrected chi connectivity index (χ2v) is 8.55. The summed E-state index contributed by atoms with van der Waals surface area (Å²) >= 11 is 9.69. The molecular weight excluding hydrogens is 540 g/mol. The SMILES string of the molecule is CCOc1cc(/C=C2\N=C(c3ccccc3Cl)OC2=O)cc(Br)c1OCc1ccc([N+](=O)[O-])cc1. The van der Waals surface area contributed by atoms with E-state index in [1.165, 1.54) is 12.1 Å². The highest BCUT2D eigenvalue weighted by Gasteiger charge is 2.26. The maximum atomic E-state index is 12.4. The van der Waals surface area contributed by atoms with Gasteiger partial charge in [-0.2, -0.15) is 0 Å². The molecule has 0 aromatic heterocycles. The van der Waals surface area contributed by atoms with Crippen molar-refractivity contribution >= 4 is 51.2 Å². The summed E-state index contributed by atoms with van der Waals surface area (Å²) in [6, 6.07) is 16.6. The van der Waals surface area contributed by atoms with E-state index in [0.29, 0.717) is 38.7 Å². The van der Waals surface area contributed by atoms with Crippen molar-refractivity contribution in [3.8, 4) is 11.5 Å². The number of nitro groups is 1. The number of esters is 1. The predicted octanol–water partition coefficient (Wildman–Crippen LogP) is 6.33. The lowest BCUT2D eigenvalue weighted by Crippen LogP contribution is -2.05. The molecule has 1 aliphatic rings. The lowest BCUT2D eigenvalue weighted by atomic mass is 10.1. The average molecular weight is 558 g/mol. The molecule has 0 saturated heterocycles. The second kappa shape index (κ2) is 10.7. The molecule has 0 N–H and O–H groups in total. The third-order valence-electron chi connectivity index (χ3n) is 4.89. The van der Waals surface area contributed by atoms with E-state index in [2.05, 4.69) is 20.9 Å². The van der Waals surface area contributed by atoms with Crippen LogP contribution in [0.1, 0.15) is 23.6 Å². The minimum atomic E-state index is -0.590. The molecule has 1 heterocycles. The van der Waals surface area contributed by atoms with Gasteiger partial charge in [0.05, 0.1) is 26.6 Å². The van der Waals surface area contributed by atoms with Crippen molar-refractivity contribution in [3.05, 3.63) is 103 Å². The van der Waals surface area contributed by atoms with E-state index in [1.54, 1.807) is 54.6 Å². The summed E-state index contributed by atoms with van der Waals surface area (Å²) in [5, 5.41) is 11.3. The maximum absolute atomic E-state index is 12.4. The van der Waals surface area contributed by atoms with Crippen molar-refractivity contribution < 1.29 is 23.9 Å². The number of non-ortho nitro benzene ring substituents is 1. The van der Waals surface area contributed by atoms with Gasteiger partial charge in [-0.15, -0.1) is 0 Å². The molecule has 0 atom stereocenters. The molecular formula is C25H18BrClN2O6. The molecule has 1 aliphatic heterocycles. The minimum Gasteiger partial charge on any atom is -0.490 e. The highest BCUT2D eigenvalue weighted by atomic mass is 79.9. The van der Waals surface area contributed by atoms with Gasteiger partial charge in [-0.3, -0.25) is 10.1 Å². The molecule has 0 saturated carbocycles. The Bertz CT molecular complexity index is 1350. The lowest BCUT2D eigenvalue weighted by Gasteiger charge is -2.15. The molecule has 178 valence electrons. The number of hydrogen-bond acceptors (Lipinski definition) is 7. The maximum Gasteiger partial charge on any atom is 0.363 e. The molecule has 4 rings (SSSR count). The molecule has 0 aliphatic carbocycles. The Morgan fingerprint density at radius 2 is 1.89 bits per heavy atom. The van der Waals surface area contributed by atoms with Gasteiger partial charge in [0.1, 0.15) is 6.61 Å². The van der Waals surface area contributed by atoms with Gasteiger partial charge in [0, 0.05) is 12.1 Å². The minimum absolute atomic E-state index is 0.00752. The zero-order chi connectivity index (χ0) is 24.9. The second-order valence-electron chi connectivity index (χ2n) is 7.29. The fourth-order valence-corrected chi connectivity index (χ4v) is 4.05. The number of ether oxygens (including phenoxy) is 3. The number of aliphatic imine (C=N–C) groups is 1. The van der Waals surface area contributed by atoms with E-state index in [-0.39, 0.29) is 23.9 Å². The van der Waals surface area contributed by atoms with Crippen LogP contribution < -0.4 is 9.47 Å². The van der Waals surface area contributed by atoms with Crippen molar-refractivity contribution in [1.29, 1.82) is 0 Å². The highest BCUT2D eigenvalue weighted by Crippen LogP contribution is 2.38. The molecule has 0 bridgehead atoms. The number of carbonyl (C=O) groups excluding carboxylic acids is 1. The lowest BCUT2D eigenvalue weighted by molar-refractivity contribution is -0.384. The average Bonchev–Trinajstić information content (AvgIpc) is 3.19. The molecule has 3 aromatic rings. The van der Waals surface area contributed by atoms with Gasteiger partial charge < -0.3 is 14.2 Å². The van der Waals surface area contributed by atoms with Crippen LogP contribution in [0.4, 0.5) is 5.69 Å². The Morgan fingerprint density at radius 3 is 2.57 bits per heavy atom. The predicted molar refractivity (Wildman–Crippen MR) is 135 cm³/mol. The molecule has 0 unspecified atom stereocenters. The summed E-state index contributed by atoms with van der Waals surface area (Å²) < 4.78 is 17.6. The van der Waals surface area contributed by atoms with Gasteiger partial charge >= 0.3 is 5.97 Å². The van der Waals surface area contributed by atoms with Gasteiger partial charge in [-0.25, -0.2) is 9.79 Å². The number of halogens is 2. The summed E-state index contributed by atoms with van der Waals surface area (Å²) in [4.78, 5) is 27.1. The zero-order valence-corrected chi connectivity index (χ0v) is 20.7. The molecule has 0 spiro atoms. The fourth-order valence-electron chi connectivity index (χ4n) is 3.26.